The average Bonchev–Trinajstić information content (AvgIpc) is 3.16. The number of nitrogens with zero attached hydrogens (tertiary/aromatic N) is 4. The first-order valence-electron chi connectivity index (χ1n) is 10.1. The number of carbonyl (C=O) groups is 1. The van der Waals surface area contributed by atoms with Gasteiger partial charge in [0.15, 0.2) is 5.65 Å². The number of amides is 1. The molecule has 0 spiro atoms. The maximum atomic E-state index is 13.0. The zero-order valence-corrected chi connectivity index (χ0v) is 17.8. The highest BCUT2D eigenvalue weighted by atomic mass is 32.2. The molecule has 0 radical (unpaired) electrons. The number of hydrogen-bond donors (Lipinski definition) is 0. The second-order valence-corrected chi connectivity index (χ2v) is 9.34. The second-order valence-electron chi connectivity index (χ2n) is 8.03. The average molecular weight is 443 g/mol. The van der Waals surface area contributed by atoms with Gasteiger partial charge in [-0.25, -0.2) is 14.3 Å². The molecule has 0 N–H and O–H groups in total. The van der Waals surface area contributed by atoms with Gasteiger partial charge in [0.05, 0.1) is 29.7 Å². The molecule has 30 heavy (non-hydrogen) atoms. The lowest BCUT2D eigenvalue weighted by Crippen LogP contribution is -2.39. The third-order valence-electron chi connectivity index (χ3n) is 6.04. The number of halogens is 3. The van der Waals surface area contributed by atoms with Crippen LogP contribution < -0.4 is 0 Å². The van der Waals surface area contributed by atoms with Crippen molar-refractivity contribution in [1.82, 2.24) is 19.5 Å². The summed E-state index contributed by atoms with van der Waals surface area (Å²) in [7, 11) is 1.38. The molecule has 0 bridgehead atoms. The largest absolute Gasteiger partial charge is 0.453 e. The zero-order valence-electron chi connectivity index (χ0n) is 17.0. The first kappa shape index (κ1) is 21.3. The van der Waals surface area contributed by atoms with Crippen molar-refractivity contribution in [2.75, 3.05) is 26.0 Å². The molecule has 3 heterocycles. The molecule has 1 aliphatic carbocycles. The Morgan fingerprint density at radius 1 is 1.23 bits per heavy atom. The highest BCUT2D eigenvalue weighted by Gasteiger charge is 2.42. The van der Waals surface area contributed by atoms with Crippen LogP contribution in [-0.4, -0.2) is 57.7 Å². The van der Waals surface area contributed by atoms with Gasteiger partial charge < -0.3 is 9.64 Å². The van der Waals surface area contributed by atoms with E-state index in [-0.39, 0.29) is 30.1 Å². The first-order valence-corrected chi connectivity index (χ1v) is 11.2. The number of hydrogen-bond acceptors (Lipinski definition) is 5. The van der Waals surface area contributed by atoms with Crippen molar-refractivity contribution in [3.63, 3.8) is 0 Å². The van der Waals surface area contributed by atoms with E-state index in [1.54, 1.807) is 21.2 Å². The van der Waals surface area contributed by atoms with E-state index >= 15 is 0 Å². The fraction of sp³-hybridized carbons (Fsp3) is 0.650. The van der Waals surface area contributed by atoms with Gasteiger partial charge in [0, 0.05) is 36.5 Å². The summed E-state index contributed by atoms with van der Waals surface area (Å²) in [6.07, 6.45) is -3.20. The Morgan fingerprint density at radius 2 is 1.97 bits per heavy atom. The van der Waals surface area contributed by atoms with Crippen molar-refractivity contribution in [3.05, 3.63) is 29.2 Å². The minimum atomic E-state index is -4.11. The van der Waals surface area contributed by atoms with Crippen LogP contribution in [-0.2, 0) is 4.74 Å². The number of ether oxygens (including phenoxy) is 1. The minimum Gasteiger partial charge on any atom is -0.453 e. The van der Waals surface area contributed by atoms with Crippen molar-refractivity contribution in [3.8, 4) is 0 Å². The lowest BCUT2D eigenvalue weighted by atomic mass is 9.80. The molecule has 1 aliphatic heterocycles. The van der Waals surface area contributed by atoms with Crippen LogP contribution >= 0.6 is 11.8 Å². The molecule has 0 aromatic carbocycles. The van der Waals surface area contributed by atoms with Gasteiger partial charge >= 0.3 is 12.3 Å². The van der Waals surface area contributed by atoms with Crippen molar-refractivity contribution in [2.45, 2.75) is 50.0 Å². The SMILES string of the molecule is COC(=O)N1CCSC(c2cc(C)nc3cc([C@H]4CC[C@H](C(F)(F)F)CC4)nn23)C1. The van der Waals surface area contributed by atoms with E-state index in [1.807, 2.05) is 19.1 Å². The van der Waals surface area contributed by atoms with Gasteiger partial charge in [-0.2, -0.15) is 18.3 Å². The van der Waals surface area contributed by atoms with Crippen molar-refractivity contribution < 1.29 is 22.7 Å². The van der Waals surface area contributed by atoms with Crippen LogP contribution in [0.1, 0.15) is 53.9 Å². The predicted octanol–water partition coefficient (Wildman–Crippen LogP) is 4.73. The van der Waals surface area contributed by atoms with E-state index in [4.69, 9.17) is 9.84 Å². The molecule has 10 heteroatoms. The topological polar surface area (TPSA) is 59.7 Å². The fourth-order valence-electron chi connectivity index (χ4n) is 4.42. The molecular formula is C20H25F3N4O2S. The Morgan fingerprint density at radius 3 is 2.63 bits per heavy atom. The van der Waals surface area contributed by atoms with E-state index in [2.05, 4.69) is 4.98 Å². The molecule has 2 aliphatic rings. The molecule has 6 nitrogen and oxygen atoms in total. The summed E-state index contributed by atoms with van der Waals surface area (Å²) in [5.41, 5.74) is 3.31. The number of thioether (sulfide) groups is 1. The third-order valence-corrected chi connectivity index (χ3v) is 7.25. The lowest BCUT2D eigenvalue weighted by molar-refractivity contribution is -0.182. The van der Waals surface area contributed by atoms with Gasteiger partial charge in [0.25, 0.3) is 0 Å². The van der Waals surface area contributed by atoms with Crippen LogP contribution in [0.15, 0.2) is 12.1 Å². The Balaban J connectivity index is 1.59. The number of carbonyl (C=O) groups excluding carboxylic acids is 1. The quantitative estimate of drug-likeness (QED) is 0.673. The lowest BCUT2D eigenvalue weighted by Gasteiger charge is -2.31. The molecule has 2 aromatic heterocycles. The molecule has 1 saturated heterocycles. The van der Waals surface area contributed by atoms with Crippen LogP contribution in [0.2, 0.25) is 0 Å². The Kier molecular flexibility index (Phi) is 5.87. The minimum absolute atomic E-state index is 0.0176. The van der Waals surface area contributed by atoms with Crippen LogP contribution in [0.4, 0.5) is 18.0 Å². The van der Waals surface area contributed by atoms with Crippen molar-refractivity contribution in [1.29, 1.82) is 0 Å². The number of aromatic nitrogens is 3. The number of fused-ring (bicyclic) bond motifs is 1. The van der Waals surface area contributed by atoms with Crippen molar-refractivity contribution >= 4 is 23.5 Å². The third kappa shape index (κ3) is 4.24. The Hall–Kier alpha value is -1.97. The van der Waals surface area contributed by atoms with Crippen LogP contribution in [0, 0.1) is 12.8 Å². The van der Waals surface area contributed by atoms with Gasteiger partial charge in [-0.3, -0.25) is 0 Å². The normalized spacial score (nSPS) is 25.5. The highest BCUT2D eigenvalue weighted by Crippen LogP contribution is 2.43. The summed E-state index contributed by atoms with van der Waals surface area (Å²) in [5, 5.41) is 4.78. The van der Waals surface area contributed by atoms with Gasteiger partial charge in [0.2, 0.25) is 0 Å². The highest BCUT2D eigenvalue weighted by molar-refractivity contribution is 7.99. The van der Waals surface area contributed by atoms with E-state index in [1.165, 1.54) is 7.11 Å². The second kappa shape index (κ2) is 8.28. The van der Waals surface area contributed by atoms with E-state index < -0.39 is 12.1 Å². The molecule has 1 unspecified atom stereocenters. The number of methoxy groups -OCH3 is 1. The summed E-state index contributed by atoms with van der Waals surface area (Å²) in [6.45, 7) is 3.06. The number of aryl methyl sites for hydroxylation is 1. The summed E-state index contributed by atoms with van der Waals surface area (Å²) < 4.78 is 45.6. The standard InChI is InChI=1S/C20H25F3N4O2S/c1-12-9-16(17-11-26(7-8-30-17)19(28)29-2)27-18(24-12)10-15(25-27)13-3-5-14(6-4-13)20(21,22)23/h9-10,13-14,17H,3-8,11H2,1-2H3/t13-,14-,17?. The maximum absolute atomic E-state index is 13.0. The first-order chi connectivity index (χ1) is 14.3. The zero-order chi connectivity index (χ0) is 21.5. The Bertz CT molecular complexity index is 925. The van der Waals surface area contributed by atoms with E-state index in [9.17, 15) is 18.0 Å². The van der Waals surface area contributed by atoms with E-state index in [0.29, 0.717) is 31.6 Å². The van der Waals surface area contributed by atoms with Gasteiger partial charge in [-0.05, 0) is 38.7 Å². The van der Waals surface area contributed by atoms with E-state index in [0.717, 1.165) is 22.8 Å². The molecule has 1 atom stereocenters. The fourth-order valence-corrected chi connectivity index (χ4v) is 5.65. The molecule has 1 saturated carbocycles. The molecule has 2 fully saturated rings. The van der Waals surface area contributed by atoms with Gasteiger partial charge in [-0.1, -0.05) is 0 Å². The van der Waals surface area contributed by atoms with Crippen LogP contribution in [0.5, 0.6) is 0 Å². The molecule has 2 aromatic rings. The van der Waals surface area contributed by atoms with Crippen LogP contribution in [0.3, 0.4) is 0 Å². The summed E-state index contributed by atoms with van der Waals surface area (Å²) >= 11 is 1.76. The van der Waals surface area contributed by atoms with Crippen LogP contribution in [0.25, 0.3) is 5.65 Å². The monoisotopic (exact) mass is 442 g/mol. The van der Waals surface area contributed by atoms with Gasteiger partial charge in [-0.15, -0.1) is 11.8 Å². The molecule has 164 valence electrons. The summed E-state index contributed by atoms with van der Waals surface area (Å²) in [6, 6.07) is 3.88. The maximum Gasteiger partial charge on any atom is 0.409 e. The molecular weight excluding hydrogens is 417 g/mol. The number of alkyl halides is 3. The van der Waals surface area contributed by atoms with Gasteiger partial charge in [0.1, 0.15) is 0 Å². The molecule has 1 amide bonds. The summed E-state index contributed by atoms with van der Waals surface area (Å²) in [4.78, 5) is 18.2. The summed E-state index contributed by atoms with van der Waals surface area (Å²) in [5.74, 6) is -0.397. The van der Waals surface area contributed by atoms with Crippen molar-refractivity contribution in [2.24, 2.45) is 5.92 Å². The molecule has 4 rings (SSSR count). The number of rotatable bonds is 2. The predicted molar refractivity (Wildman–Crippen MR) is 108 cm³/mol. The Labute approximate surface area is 177 Å². The smallest absolute Gasteiger partial charge is 0.409 e.